The molecule has 0 saturated heterocycles. The highest BCUT2D eigenvalue weighted by Gasteiger charge is 2.24. The van der Waals surface area contributed by atoms with Gasteiger partial charge in [-0.25, -0.2) is 9.97 Å². The molecule has 3 heterocycles. The van der Waals surface area contributed by atoms with Gasteiger partial charge in [-0.3, -0.25) is 4.57 Å². The third-order valence-electron chi connectivity index (χ3n) is 8.49. The largest absolute Gasteiger partial charge is 0.276 e. The fourth-order valence-electron chi connectivity index (χ4n) is 6.70. The monoisotopic (exact) mass is 555 g/mol. The molecular weight excluding hydrogens is 531 g/mol. The minimum atomic E-state index is 0.702. The summed E-state index contributed by atoms with van der Waals surface area (Å²) in [5.74, 6) is 0.702. The molecule has 3 aromatic heterocycles. The van der Waals surface area contributed by atoms with Gasteiger partial charge in [-0.05, 0) is 47.4 Å². The number of aromatic nitrogens is 3. The molecule has 4 heteroatoms. The Morgan fingerprint density at radius 1 is 0.643 bits per heavy atom. The minimum Gasteiger partial charge on any atom is -0.276 e. The van der Waals surface area contributed by atoms with Gasteiger partial charge in [-0.15, -0.1) is 11.3 Å². The van der Waals surface area contributed by atoms with Gasteiger partial charge in [0.15, 0.2) is 0 Å². The van der Waals surface area contributed by atoms with Crippen LogP contribution in [0.25, 0.3) is 76.8 Å². The van der Waals surface area contributed by atoms with Crippen molar-refractivity contribution in [2.75, 3.05) is 0 Å². The normalized spacial score (nSPS) is 13.3. The Morgan fingerprint density at radius 3 is 2.21 bits per heavy atom. The molecule has 0 spiro atoms. The topological polar surface area (TPSA) is 30.7 Å². The molecule has 0 aliphatic heterocycles. The number of hydrogen-bond donors (Lipinski definition) is 0. The van der Waals surface area contributed by atoms with E-state index < -0.39 is 0 Å². The van der Waals surface area contributed by atoms with Gasteiger partial charge >= 0.3 is 0 Å². The van der Waals surface area contributed by atoms with Crippen molar-refractivity contribution in [3.8, 4) is 17.2 Å². The molecule has 1 aliphatic carbocycles. The van der Waals surface area contributed by atoms with Crippen LogP contribution in [-0.4, -0.2) is 14.5 Å². The van der Waals surface area contributed by atoms with Crippen LogP contribution in [0.2, 0.25) is 0 Å². The van der Waals surface area contributed by atoms with E-state index in [0.717, 1.165) is 40.5 Å². The highest BCUT2D eigenvalue weighted by atomic mass is 32.1. The number of allylic oxidation sites excluding steroid dienone is 3. The Bertz CT molecular complexity index is 2410. The maximum absolute atomic E-state index is 5.35. The zero-order valence-electron chi connectivity index (χ0n) is 22.8. The summed E-state index contributed by atoms with van der Waals surface area (Å²) in [7, 11) is 0. The summed E-state index contributed by atoms with van der Waals surface area (Å²) < 4.78 is 3.62. The summed E-state index contributed by atoms with van der Waals surface area (Å²) in [4.78, 5) is 11.9. The molecule has 0 bridgehead atoms. The van der Waals surface area contributed by atoms with Crippen LogP contribution in [0.5, 0.6) is 0 Å². The standard InChI is InChI=1S/C38H25N3S/c1-2-7-23-32-29(20-6-1)34-26-17-9-8-16-25(26)33-28-19-11-13-22-31(28)41(36(33)37(34)42-32)38-39-30-21-12-10-18-27(30)35(40-38)24-14-4-3-5-15-24/h1-5,7-19,21-23H,6,20H2. The molecule has 198 valence electrons. The molecule has 0 N–H and O–H groups in total. The number of para-hydroxylation sites is 2. The van der Waals surface area contributed by atoms with Gasteiger partial charge in [0.2, 0.25) is 5.95 Å². The molecule has 42 heavy (non-hydrogen) atoms. The number of thiophene rings is 1. The molecule has 5 aromatic carbocycles. The average molecular weight is 556 g/mol. The molecule has 3 nitrogen and oxygen atoms in total. The molecule has 0 fully saturated rings. The predicted molar refractivity (Wildman–Crippen MR) is 179 cm³/mol. The lowest BCUT2D eigenvalue weighted by Gasteiger charge is -2.13. The van der Waals surface area contributed by atoms with Crippen LogP contribution >= 0.6 is 11.3 Å². The molecular formula is C38H25N3S. The molecule has 8 aromatic rings. The molecule has 0 amide bonds. The quantitative estimate of drug-likeness (QED) is 0.212. The predicted octanol–water partition coefficient (Wildman–Crippen LogP) is 10.3. The summed E-state index contributed by atoms with van der Waals surface area (Å²) in [5.41, 5.74) is 6.73. The summed E-state index contributed by atoms with van der Waals surface area (Å²) in [6.45, 7) is 0. The Balaban J connectivity index is 1.50. The van der Waals surface area contributed by atoms with Gasteiger partial charge < -0.3 is 0 Å². The SMILES string of the molecule is C1=CCCc2c(sc3c2c2ccccc2c2c4ccccc4n(-c4nc(-c5ccccc5)c5ccccc5n4)c32)C=C1. The van der Waals surface area contributed by atoms with Crippen molar-refractivity contribution < 1.29 is 0 Å². The van der Waals surface area contributed by atoms with Crippen molar-refractivity contribution >= 4 is 71.0 Å². The molecule has 0 unspecified atom stereocenters. The van der Waals surface area contributed by atoms with Crippen molar-refractivity contribution in [1.82, 2.24) is 14.5 Å². The first-order chi connectivity index (χ1) is 20.9. The Labute approximate surface area is 246 Å². The van der Waals surface area contributed by atoms with Crippen LogP contribution in [-0.2, 0) is 6.42 Å². The minimum absolute atomic E-state index is 0.702. The highest BCUT2D eigenvalue weighted by molar-refractivity contribution is 7.21. The van der Waals surface area contributed by atoms with Crippen LogP contribution in [0.4, 0.5) is 0 Å². The zero-order chi connectivity index (χ0) is 27.6. The van der Waals surface area contributed by atoms with E-state index in [1.807, 2.05) is 11.3 Å². The lowest BCUT2D eigenvalue weighted by atomic mass is 9.95. The van der Waals surface area contributed by atoms with Gasteiger partial charge in [0.25, 0.3) is 0 Å². The summed E-state index contributed by atoms with van der Waals surface area (Å²) in [6.07, 6.45) is 11.0. The lowest BCUT2D eigenvalue weighted by Crippen LogP contribution is -2.03. The maximum Gasteiger partial charge on any atom is 0.235 e. The molecule has 9 rings (SSSR count). The third kappa shape index (κ3) is 3.39. The second kappa shape index (κ2) is 9.23. The number of nitrogens with zero attached hydrogens (tertiary/aromatic N) is 3. The molecule has 0 saturated carbocycles. The van der Waals surface area contributed by atoms with Crippen LogP contribution in [0.15, 0.2) is 121 Å². The smallest absolute Gasteiger partial charge is 0.235 e. The van der Waals surface area contributed by atoms with Gasteiger partial charge in [0.05, 0.1) is 26.9 Å². The van der Waals surface area contributed by atoms with E-state index in [1.54, 1.807) is 0 Å². The number of fused-ring (bicyclic) bond motifs is 11. The third-order valence-corrected chi connectivity index (χ3v) is 9.69. The van der Waals surface area contributed by atoms with E-state index in [9.17, 15) is 0 Å². The number of hydrogen-bond acceptors (Lipinski definition) is 3. The van der Waals surface area contributed by atoms with Crippen molar-refractivity contribution in [3.05, 3.63) is 132 Å². The highest BCUT2D eigenvalue weighted by Crippen LogP contribution is 2.47. The average Bonchev–Trinajstić information content (AvgIpc) is 3.56. The van der Waals surface area contributed by atoms with Crippen molar-refractivity contribution in [1.29, 1.82) is 0 Å². The number of rotatable bonds is 2. The number of benzene rings is 5. The van der Waals surface area contributed by atoms with Crippen LogP contribution in [0, 0.1) is 0 Å². The second-order valence-electron chi connectivity index (χ2n) is 10.9. The summed E-state index contributed by atoms with van der Waals surface area (Å²) in [5, 5.41) is 7.51. The van der Waals surface area contributed by atoms with Gasteiger partial charge in [0, 0.05) is 32.0 Å². The van der Waals surface area contributed by atoms with Gasteiger partial charge in [0.1, 0.15) is 0 Å². The molecule has 1 aliphatic rings. The summed E-state index contributed by atoms with van der Waals surface area (Å²) in [6, 6.07) is 36.5. The maximum atomic E-state index is 5.35. The van der Waals surface area contributed by atoms with E-state index in [2.05, 4.69) is 132 Å². The van der Waals surface area contributed by atoms with Gasteiger partial charge in [-0.1, -0.05) is 109 Å². The van der Waals surface area contributed by atoms with Crippen molar-refractivity contribution in [2.24, 2.45) is 0 Å². The number of aryl methyl sites for hydroxylation is 1. The first-order valence-electron chi connectivity index (χ1n) is 14.4. The fourth-order valence-corrected chi connectivity index (χ4v) is 8.02. The fraction of sp³-hybridized carbons (Fsp3) is 0.0526. The molecule has 0 radical (unpaired) electrons. The first-order valence-corrected chi connectivity index (χ1v) is 15.2. The van der Waals surface area contributed by atoms with E-state index in [4.69, 9.17) is 9.97 Å². The summed E-state index contributed by atoms with van der Waals surface area (Å²) >= 11 is 1.90. The van der Waals surface area contributed by atoms with E-state index in [0.29, 0.717) is 5.95 Å². The van der Waals surface area contributed by atoms with Crippen LogP contribution in [0.1, 0.15) is 16.9 Å². The first kappa shape index (κ1) is 23.6. The van der Waals surface area contributed by atoms with E-state index in [-0.39, 0.29) is 0 Å². The van der Waals surface area contributed by atoms with E-state index in [1.165, 1.54) is 47.6 Å². The Hall–Kier alpha value is -5.06. The zero-order valence-corrected chi connectivity index (χ0v) is 23.6. The second-order valence-corrected chi connectivity index (χ2v) is 11.9. The van der Waals surface area contributed by atoms with Gasteiger partial charge in [-0.2, -0.15) is 0 Å². The van der Waals surface area contributed by atoms with Crippen molar-refractivity contribution in [2.45, 2.75) is 12.8 Å². The van der Waals surface area contributed by atoms with E-state index >= 15 is 0 Å². The van der Waals surface area contributed by atoms with Crippen molar-refractivity contribution in [3.63, 3.8) is 0 Å². The van der Waals surface area contributed by atoms with Crippen LogP contribution < -0.4 is 0 Å². The Morgan fingerprint density at radius 2 is 1.36 bits per heavy atom. The molecule has 0 atom stereocenters. The lowest BCUT2D eigenvalue weighted by molar-refractivity contribution is 1.01. The van der Waals surface area contributed by atoms with Crippen LogP contribution in [0.3, 0.4) is 0 Å². The Kier molecular flexibility index (Phi) is 5.19.